The van der Waals surface area contributed by atoms with Crippen LogP contribution in [-0.2, 0) is 25.9 Å². The van der Waals surface area contributed by atoms with Crippen LogP contribution in [0.2, 0.25) is 0 Å². The van der Waals surface area contributed by atoms with Crippen molar-refractivity contribution in [2.45, 2.75) is 45.3 Å². The first-order valence-electron chi connectivity index (χ1n) is 8.39. The van der Waals surface area contributed by atoms with E-state index in [9.17, 15) is 0 Å². The largest absolute Gasteiger partial charge is 0.493 e. The molecule has 0 saturated carbocycles. The van der Waals surface area contributed by atoms with Gasteiger partial charge in [-0.25, -0.2) is 9.67 Å². The van der Waals surface area contributed by atoms with Gasteiger partial charge in [0, 0.05) is 25.4 Å². The molecule has 0 spiro atoms. The van der Waals surface area contributed by atoms with E-state index in [2.05, 4.69) is 22.3 Å². The van der Waals surface area contributed by atoms with Crippen molar-refractivity contribution in [1.29, 1.82) is 0 Å². The molecular weight excluding hydrogens is 308 g/mol. The van der Waals surface area contributed by atoms with Crippen LogP contribution >= 0.6 is 0 Å². The highest BCUT2D eigenvalue weighted by atomic mass is 16.7. The normalized spacial score (nSPS) is 18.5. The Morgan fingerprint density at radius 2 is 2.29 bits per heavy atom. The lowest BCUT2D eigenvalue weighted by molar-refractivity contribution is 0.171. The van der Waals surface area contributed by atoms with Crippen molar-refractivity contribution in [1.82, 2.24) is 20.1 Å². The van der Waals surface area contributed by atoms with Crippen molar-refractivity contribution in [2.24, 2.45) is 0 Å². The lowest BCUT2D eigenvalue weighted by atomic mass is 10.1. The van der Waals surface area contributed by atoms with Gasteiger partial charge in [-0.05, 0) is 24.1 Å². The van der Waals surface area contributed by atoms with E-state index in [1.54, 1.807) is 7.11 Å². The van der Waals surface area contributed by atoms with Gasteiger partial charge in [0.05, 0.1) is 13.7 Å². The van der Waals surface area contributed by atoms with Gasteiger partial charge in [0.15, 0.2) is 17.3 Å². The van der Waals surface area contributed by atoms with Crippen LogP contribution in [0.15, 0.2) is 12.1 Å². The zero-order chi connectivity index (χ0) is 16.5. The lowest BCUT2D eigenvalue weighted by Crippen LogP contribution is -2.37. The van der Waals surface area contributed by atoms with Crippen molar-refractivity contribution in [3.63, 3.8) is 0 Å². The fourth-order valence-electron chi connectivity index (χ4n) is 3.23. The molecule has 0 fully saturated rings. The first-order valence-corrected chi connectivity index (χ1v) is 8.39. The molecular formula is C17H22N4O3. The number of rotatable bonds is 5. The molecule has 2 aliphatic rings. The van der Waals surface area contributed by atoms with E-state index in [1.165, 1.54) is 0 Å². The van der Waals surface area contributed by atoms with Crippen LogP contribution in [0.1, 0.15) is 30.6 Å². The number of hydrogen-bond donors (Lipinski definition) is 1. The molecule has 7 nitrogen and oxygen atoms in total. The molecule has 0 aliphatic carbocycles. The third kappa shape index (κ3) is 2.80. The minimum atomic E-state index is 0.250. The highest BCUT2D eigenvalue weighted by Crippen LogP contribution is 2.41. The summed E-state index contributed by atoms with van der Waals surface area (Å²) in [5, 5.41) is 8.17. The minimum Gasteiger partial charge on any atom is -0.493 e. The molecule has 7 heteroatoms. The van der Waals surface area contributed by atoms with Crippen LogP contribution in [0.3, 0.4) is 0 Å². The van der Waals surface area contributed by atoms with E-state index in [0.717, 1.165) is 61.1 Å². The van der Waals surface area contributed by atoms with E-state index in [0.29, 0.717) is 11.8 Å². The van der Waals surface area contributed by atoms with Gasteiger partial charge >= 0.3 is 0 Å². The molecule has 24 heavy (non-hydrogen) atoms. The number of hydrogen-bond acceptors (Lipinski definition) is 6. The Morgan fingerprint density at radius 1 is 1.38 bits per heavy atom. The first kappa shape index (κ1) is 15.3. The highest BCUT2D eigenvalue weighted by molar-refractivity contribution is 5.55. The van der Waals surface area contributed by atoms with Crippen molar-refractivity contribution < 1.29 is 14.2 Å². The summed E-state index contributed by atoms with van der Waals surface area (Å²) in [4.78, 5) is 4.56. The average molecular weight is 330 g/mol. The zero-order valence-electron chi connectivity index (χ0n) is 14.0. The second-order valence-corrected chi connectivity index (χ2v) is 6.13. The molecule has 4 rings (SSSR count). The first-order chi connectivity index (χ1) is 11.8. The Balaban J connectivity index is 1.42. The summed E-state index contributed by atoms with van der Waals surface area (Å²) in [6.07, 6.45) is 2.92. The van der Waals surface area contributed by atoms with Crippen molar-refractivity contribution in [3.05, 3.63) is 29.3 Å². The van der Waals surface area contributed by atoms with E-state index in [-0.39, 0.29) is 6.79 Å². The van der Waals surface area contributed by atoms with Gasteiger partial charge in [-0.15, -0.1) is 0 Å². The summed E-state index contributed by atoms with van der Waals surface area (Å²) in [5.41, 5.74) is 1.12. The second-order valence-electron chi connectivity index (χ2n) is 6.13. The van der Waals surface area contributed by atoms with Crippen molar-refractivity contribution in [2.75, 3.05) is 13.9 Å². The lowest BCUT2D eigenvalue weighted by Gasteiger charge is -2.23. The highest BCUT2D eigenvalue weighted by Gasteiger charge is 2.23. The maximum atomic E-state index is 5.48. The summed E-state index contributed by atoms with van der Waals surface area (Å²) < 4.78 is 18.4. The number of nitrogens with zero attached hydrogens (tertiary/aromatic N) is 3. The summed E-state index contributed by atoms with van der Waals surface area (Å²) in [6, 6.07) is 4.40. The predicted octanol–water partition coefficient (Wildman–Crippen LogP) is 1.68. The van der Waals surface area contributed by atoms with Crippen LogP contribution in [0.5, 0.6) is 17.2 Å². The van der Waals surface area contributed by atoms with Crippen molar-refractivity contribution >= 4 is 0 Å². The number of nitrogens with one attached hydrogen (secondary N) is 1. The Kier molecular flexibility index (Phi) is 4.02. The number of aryl methyl sites for hydroxylation is 2. The average Bonchev–Trinajstić information content (AvgIpc) is 3.24. The Bertz CT molecular complexity index is 744. The maximum Gasteiger partial charge on any atom is 0.231 e. The second kappa shape index (κ2) is 6.32. The maximum absolute atomic E-state index is 5.48. The monoisotopic (exact) mass is 330 g/mol. The van der Waals surface area contributed by atoms with Crippen LogP contribution in [0, 0.1) is 0 Å². The third-order valence-corrected chi connectivity index (χ3v) is 4.53. The third-order valence-electron chi connectivity index (χ3n) is 4.53. The van der Waals surface area contributed by atoms with Gasteiger partial charge in [-0.2, -0.15) is 5.10 Å². The molecule has 2 aliphatic heterocycles. The molecule has 1 atom stereocenters. The SMILES string of the molecule is CCc1nc2n(n1)C[C@H](NCc1cc(OC)c3c(c1)OCO3)CC2. The molecule has 0 radical (unpaired) electrons. The molecule has 0 saturated heterocycles. The van der Waals surface area contributed by atoms with Gasteiger partial charge in [-0.1, -0.05) is 6.92 Å². The van der Waals surface area contributed by atoms with E-state index >= 15 is 0 Å². The Labute approximate surface area is 140 Å². The fraction of sp³-hybridized carbons (Fsp3) is 0.529. The number of fused-ring (bicyclic) bond motifs is 2. The van der Waals surface area contributed by atoms with Crippen LogP contribution in [-0.4, -0.2) is 34.7 Å². The molecule has 2 aromatic rings. The van der Waals surface area contributed by atoms with Crippen molar-refractivity contribution in [3.8, 4) is 17.2 Å². The summed E-state index contributed by atoms with van der Waals surface area (Å²) in [5.74, 6) is 4.21. The van der Waals surface area contributed by atoms with Crippen LogP contribution < -0.4 is 19.5 Å². The topological polar surface area (TPSA) is 70.4 Å². The molecule has 3 heterocycles. The summed E-state index contributed by atoms with van der Waals surface area (Å²) >= 11 is 0. The van der Waals surface area contributed by atoms with Gasteiger partial charge in [-0.3, -0.25) is 0 Å². The van der Waals surface area contributed by atoms with Crippen LogP contribution in [0.25, 0.3) is 0 Å². The van der Waals surface area contributed by atoms with Gasteiger partial charge < -0.3 is 19.5 Å². The van der Waals surface area contributed by atoms with E-state index < -0.39 is 0 Å². The molecule has 1 N–H and O–H groups in total. The molecule has 128 valence electrons. The minimum absolute atomic E-state index is 0.250. The molecule has 0 bridgehead atoms. The summed E-state index contributed by atoms with van der Waals surface area (Å²) in [6.45, 7) is 3.95. The number of aromatic nitrogens is 3. The van der Waals surface area contributed by atoms with E-state index in [1.807, 2.05) is 16.8 Å². The molecule has 1 aromatic heterocycles. The van der Waals surface area contributed by atoms with Crippen LogP contribution in [0.4, 0.5) is 0 Å². The predicted molar refractivity (Wildman–Crippen MR) is 87.5 cm³/mol. The molecule has 0 amide bonds. The molecule has 1 aromatic carbocycles. The standard InChI is InChI=1S/C17H22N4O3/c1-3-15-19-16-5-4-12(9-21(16)20-15)18-8-11-6-13(22-2)17-14(7-11)23-10-24-17/h6-7,12,18H,3-5,8-10H2,1-2H3/t12-/m1/s1. The van der Waals surface area contributed by atoms with Gasteiger partial charge in [0.2, 0.25) is 12.5 Å². The fourth-order valence-corrected chi connectivity index (χ4v) is 3.23. The quantitative estimate of drug-likeness (QED) is 0.899. The number of benzene rings is 1. The smallest absolute Gasteiger partial charge is 0.231 e. The Morgan fingerprint density at radius 3 is 3.12 bits per heavy atom. The summed E-state index contributed by atoms with van der Waals surface area (Å²) in [7, 11) is 1.65. The zero-order valence-corrected chi connectivity index (χ0v) is 14.0. The molecule has 0 unspecified atom stereocenters. The Hall–Kier alpha value is -2.28. The van der Waals surface area contributed by atoms with Gasteiger partial charge in [0.25, 0.3) is 0 Å². The number of methoxy groups -OCH3 is 1. The van der Waals surface area contributed by atoms with E-state index in [4.69, 9.17) is 14.2 Å². The van der Waals surface area contributed by atoms with Gasteiger partial charge in [0.1, 0.15) is 5.82 Å². The number of ether oxygens (including phenoxy) is 3.